The normalized spacial score (nSPS) is 14.5. The fourth-order valence-corrected chi connectivity index (χ4v) is 11.6. The molecule has 0 unspecified atom stereocenters. The molecule has 2 aliphatic carbocycles. The molecule has 61 heavy (non-hydrogen) atoms. The molecule has 0 aliphatic heterocycles. The zero-order valence-electron chi connectivity index (χ0n) is 34.7. The predicted octanol–water partition coefficient (Wildman–Crippen LogP) is 16.7. The highest BCUT2D eigenvalue weighted by Crippen LogP contribution is 2.57. The van der Waals surface area contributed by atoms with Gasteiger partial charge in [-0.05, 0) is 117 Å². The van der Waals surface area contributed by atoms with Crippen LogP contribution in [0.15, 0.2) is 186 Å². The molecule has 13 rings (SSSR count). The SMILES string of the molecule is CC1(C)c2ccc(-c3cccc4c3C(C)(C)c3ccc5c(oc6c7ccccc7ccc56)c3-4)cc2-c2ccc(-c3c4ccccc4c(-c4ccccc4)c4ccccc34)cc21. The average Bonchev–Trinajstić information content (AvgIpc) is 3.88. The molecule has 0 amide bonds. The van der Waals surface area contributed by atoms with Gasteiger partial charge in [0.05, 0.1) is 0 Å². The number of rotatable bonds is 3. The maximum atomic E-state index is 6.94. The van der Waals surface area contributed by atoms with Crippen LogP contribution in [0.5, 0.6) is 0 Å². The van der Waals surface area contributed by atoms with Gasteiger partial charge in [-0.2, -0.15) is 0 Å². The van der Waals surface area contributed by atoms with E-state index in [0.29, 0.717) is 0 Å². The second-order valence-electron chi connectivity index (χ2n) is 18.3. The maximum absolute atomic E-state index is 6.94. The molecular formula is C60H42O. The second-order valence-corrected chi connectivity index (χ2v) is 18.3. The summed E-state index contributed by atoms with van der Waals surface area (Å²) in [7, 11) is 0. The maximum Gasteiger partial charge on any atom is 0.143 e. The third-order valence-corrected chi connectivity index (χ3v) is 14.4. The Kier molecular flexibility index (Phi) is 6.91. The lowest BCUT2D eigenvalue weighted by Gasteiger charge is -2.25. The summed E-state index contributed by atoms with van der Waals surface area (Å²) in [5.74, 6) is 0. The number of fused-ring (bicyclic) bond motifs is 14. The minimum Gasteiger partial charge on any atom is -0.455 e. The Bertz CT molecular complexity index is 3630. The fourth-order valence-electron chi connectivity index (χ4n) is 11.6. The van der Waals surface area contributed by atoms with Crippen molar-refractivity contribution in [2.75, 3.05) is 0 Å². The van der Waals surface area contributed by atoms with Gasteiger partial charge in [0.15, 0.2) is 0 Å². The highest BCUT2D eigenvalue weighted by molar-refractivity contribution is 6.22. The Balaban J connectivity index is 0.971. The van der Waals surface area contributed by atoms with E-state index < -0.39 is 0 Å². The molecule has 1 aromatic heterocycles. The summed E-state index contributed by atoms with van der Waals surface area (Å²) in [6, 6.07) is 67.8. The Morgan fingerprint density at radius 3 is 1.64 bits per heavy atom. The van der Waals surface area contributed by atoms with Gasteiger partial charge >= 0.3 is 0 Å². The van der Waals surface area contributed by atoms with Crippen LogP contribution in [0.3, 0.4) is 0 Å². The minimum atomic E-state index is -0.219. The van der Waals surface area contributed by atoms with Gasteiger partial charge in [-0.1, -0.05) is 191 Å². The van der Waals surface area contributed by atoms with Crippen molar-refractivity contribution in [2.45, 2.75) is 38.5 Å². The Morgan fingerprint density at radius 1 is 0.311 bits per heavy atom. The molecule has 10 aromatic carbocycles. The zero-order valence-corrected chi connectivity index (χ0v) is 34.7. The van der Waals surface area contributed by atoms with Gasteiger partial charge in [0, 0.05) is 32.6 Å². The van der Waals surface area contributed by atoms with Gasteiger partial charge in [-0.15, -0.1) is 0 Å². The van der Waals surface area contributed by atoms with E-state index in [9.17, 15) is 0 Å². The molecule has 288 valence electrons. The van der Waals surface area contributed by atoms with Crippen molar-refractivity contribution >= 4 is 54.3 Å². The quantitative estimate of drug-likeness (QED) is 0.163. The summed E-state index contributed by atoms with van der Waals surface area (Å²) >= 11 is 0. The zero-order chi connectivity index (χ0) is 40.8. The van der Waals surface area contributed by atoms with Crippen molar-refractivity contribution in [2.24, 2.45) is 0 Å². The first-order chi connectivity index (χ1) is 29.8. The van der Waals surface area contributed by atoms with Crippen molar-refractivity contribution < 1.29 is 4.42 Å². The van der Waals surface area contributed by atoms with Crippen LogP contribution in [-0.4, -0.2) is 0 Å². The number of furan rings is 1. The van der Waals surface area contributed by atoms with Gasteiger partial charge in [0.2, 0.25) is 0 Å². The molecule has 2 aliphatic rings. The largest absolute Gasteiger partial charge is 0.455 e. The molecule has 0 atom stereocenters. The first-order valence-corrected chi connectivity index (χ1v) is 21.6. The third-order valence-electron chi connectivity index (χ3n) is 14.4. The van der Waals surface area contributed by atoms with Gasteiger partial charge in [0.25, 0.3) is 0 Å². The van der Waals surface area contributed by atoms with Crippen LogP contribution < -0.4 is 0 Å². The lowest BCUT2D eigenvalue weighted by Crippen LogP contribution is -2.16. The summed E-state index contributed by atoms with van der Waals surface area (Å²) in [5, 5.41) is 9.84. The second kappa shape index (κ2) is 12.2. The van der Waals surface area contributed by atoms with Gasteiger partial charge in [-0.3, -0.25) is 0 Å². The van der Waals surface area contributed by atoms with Crippen LogP contribution in [0.25, 0.3) is 110 Å². The van der Waals surface area contributed by atoms with E-state index in [1.807, 2.05) is 0 Å². The third kappa shape index (κ3) is 4.61. The van der Waals surface area contributed by atoms with E-state index in [0.717, 1.165) is 16.6 Å². The number of hydrogen-bond donors (Lipinski definition) is 0. The topological polar surface area (TPSA) is 13.1 Å². The van der Waals surface area contributed by atoms with Crippen molar-refractivity contribution in [3.8, 4) is 55.6 Å². The standard InChI is InChI=1S/C60H42O/c1-59(2)50-31-27-37(39-23-14-24-48-55-51(60(3,4)56(39)48)32-30-47-46-29-25-35-15-8-9-18-40(35)57(46)61-58(47)55)33-49(50)41-28-26-38(34-52(41)59)54-44-21-12-10-19-42(44)53(36-16-6-5-7-17-36)43-20-11-13-22-45(43)54/h5-34H,1-4H3. The molecule has 0 spiro atoms. The highest BCUT2D eigenvalue weighted by atomic mass is 16.3. The van der Waals surface area contributed by atoms with E-state index in [4.69, 9.17) is 4.42 Å². The van der Waals surface area contributed by atoms with Gasteiger partial charge in [0.1, 0.15) is 11.2 Å². The molecule has 0 radical (unpaired) electrons. The van der Waals surface area contributed by atoms with Crippen LogP contribution >= 0.6 is 0 Å². The lowest BCUT2D eigenvalue weighted by molar-refractivity contribution is 0.655. The number of hydrogen-bond acceptors (Lipinski definition) is 1. The van der Waals surface area contributed by atoms with Gasteiger partial charge in [-0.25, -0.2) is 0 Å². The summed E-state index contributed by atoms with van der Waals surface area (Å²) in [5.41, 5.74) is 19.8. The van der Waals surface area contributed by atoms with E-state index in [1.54, 1.807) is 0 Å². The molecule has 0 N–H and O–H groups in total. The Hall–Kier alpha value is -7.22. The predicted molar refractivity (Wildman–Crippen MR) is 258 cm³/mol. The molecule has 1 heteroatoms. The summed E-state index contributed by atoms with van der Waals surface area (Å²) in [6.45, 7) is 9.57. The van der Waals surface area contributed by atoms with Crippen LogP contribution in [0.4, 0.5) is 0 Å². The molecule has 0 saturated carbocycles. The smallest absolute Gasteiger partial charge is 0.143 e. The van der Waals surface area contributed by atoms with Crippen LogP contribution in [0.2, 0.25) is 0 Å². The van der Waals surface area contributed by atoms with Gasteiger partial charge < -0.3 is 4.42 Å². The van der Waals surface area contributed by atoms with Crippen LogP contribution in [0, 0.1) is 0 Å². The van der Waals surface area contributed by atoms with E-state index in [1.165, 1.54) is 116 Å². The molecule has 11 aromatic rings. The fraction of sp³-hybridized carbons (Fsp3) is 0.100. The molecular weight excluding hydrogens is 737 g/mol. The average molecular weight is 779 g/mol. The summed E-state index contributed by atoms with van der Waals surface area (Å²) in [6.07, 6.45) is 0. The Morgan fingerprint density at radius 2 is 0.902 bits per heavy atom. The van der Waals surface area contributed by atoms with Crippen molar-refractivity contribution in [1.82, 2.24) is 0 Å². The Labute approximate surface area is 355 Å². The molecule has 0 saturated heterocycles. The lowest BCUT2D eigenvalue weighted by atomic mass is 9.78. The first kappa shape index (κ1) is 34.6. The minimum absolute atomic E-state index is 0.167. The molecule has 1 heterocycles. The van der Waals surface area contributed by atoms with E-state index >= 15 is 0 Å². The van der Waals surface area contributed by atoms with Crippen molar-refractivity contribution in [3.63, 3.8) is 0 Å². The summed E-state index contributed by atoms with van der Waals surface area (Å²) in [4.78, 5) is 0. The van der Waals surface area contributed by atoms with Crippen molar-refractivity contribution in [1.29, 1.82) is 0 Å². The molecule has 0 fully saturated rings. The summed E-state index contributed by atoms with van der Waals surface area (Å²) < 4.78 is 6.94. The number of benzene rings is 10. The van der Waals surface area contributed by atoms with Crippen LogP contribution in [0.1, 0.15) is 49.9 Å². The monoisotopic (exact) mass is 778 g/mol. The molecule has 1 nitrogen and oxygen atoms in total. The van der Waals surface area contributed by atoms with Crippen LogP contribution in [-0.2, 0) is 10.8 Å². The highest BCUT2D eigenvalue weighted by Gasteiger charge is 2.41. The first-order valence-electron chi connectivity index (χ1n) is 21.6. The van der Waals surface area contributed by atoms with E-state index in [-0.39, 0.29) is 10.8 Å². The van der Waals surface area contributed by atoms with E-state index in [2.05, 4.69) is 210 Å². The molecule has 0 bridgehead atoms. The van der Waals surface area contributed by atoms with Crippen molar-refractivity contribution in [3.05, 3.63) is 204 Å².